The Morgan fingerprint density at radius 3 is 2.64 bits per heavy atom. The Morgan fingerprint density at radius 2 is 1.96 bits per heavy atom. The van der Waals surface area contributed by atoms with E-state index in [0.717, 1.165) is 17.0 Å². The van der Waals surface area contributed by atoms with Gasteiger partial charge in [-0.2, -0.15) is 0 Å². The fourth-order valence-electron chi connectivity index (χ4n) is 2.43. The Bertz CT molecular complexity index is 919. The van der Waals surface area contributed by atoms with E-state index in [1.54, 1.807) is 7.05 Å². The number of halogens is 1. The molecule has 0 aliphatic rings. The summed E-state index contributed by atoms with van der Waals surface area (Å²) in [7, 11) is 1.59. The fraction of sp³-hybridized carbons (Fsp3) is 0.111. The molecule has 3 aromatic rings. The number of primary amides is 1. The van der Waals surface area contributed by atoms with Crippen molar-refractivity contribution in [1.29, 1.82) is 0 Å². The highest BCUT2D eigenvalue weighted by Crippen LogP contribution is 2.20. The zero-order valence-electron chi connectivity index (χ0n) is 13.5. The number of benzene rings is 2. The number of nitrogens with two attached hydrogens (primary N) is 1. The number of hydrogen-bond acceptors (Lipinski definition) is 3. The minimum atomic E-state index is -0.864. The summed E-state index contributed by atoms with van der Waals surface area (Å²) in [6, 6.07) is 12.7. The third-order valence-corrected chi connectivity index (χ3v) is 3.70. The summed E-state index contributed by atoms with van der Waals surface area (Å²) in [6.45, 7) is 0.252. The number of carbonyl (C=O) groups excluding carboxylic acids is 2. The Hall–Kier alpha value is -3.35. The van der Waals surface area contributed by atoms with Crippen LogP contribution in [0.25, 0.3) is 11.0 Å². The van der Waals surface area contributed by atoms with Gasteiger partial charge in [0.1, 0.15) is 17.2 Å². The summed E-state index contributed by atoms with van der Waals surface area (Å²) in [5, 5.41) is 3.51. The number of nitrogens with zero attached hydrogens (tertiary/aromatic N) is 1. The lowest BCUT2D eigenvalue weighted by Crippen LogP contribution is -2.30. The lowest BCUT2D eigenvalue weighted by molar-refractivity contribution is 0.0996. The van der Waals surface area contributed by atoms with E-state index < -0.39 is 17.8 Å². The molecule has 0 saturated heterocycles. The van der Waals surface area contributed by atoms with Gasteiger partial charge in [-0.1, -0.05) is 18.2 Å². The first kappa shape index (κ1) is 16.5. The molecule has 3 amide bonds. The van der Waals surface area contributed by atoms with Crippen molar-refractivity contribution in [2.75, 3.05) is 12.4 Å². The van der Waals surface area contributed by atoms with E-state index in [-0.39, 0.29) is 17.8 Å². The van der Waals surface area contributed by atoms with Gasteiger partial charge in [0.15, 0.2) is 0 Å². The van der Waals surface area contributed by atoms with Gasteiger partial charge in [-0.15, -0.1) is 0 Å². The molecule has 0 radical (unpaired) electrons. The molecule has 25 heavy (non-hydrogen) atoms. The van der Waals surface area contributed by atoms with E-state index in [1.165, 1.54) is 17.0 Å². The van der Waals surface area contributed by atoms with E-state index in [0.29, 0.717) is 5.76 Å². The van der Waals surface area contributed by atoms with Gasteiger partial charge < -0.3 is 20.4 Å². The molecule has 0 saturated carbocycles. The minimum absolute atomic E-state index is 0.226. The van der Waals surface area contributed by atoms with Crippen molar-refractivity contribution in [3.05, 3.63) is 65.7 Å². The molecule has 0 atom stereocenters. The lowest BCUT2D eigenvalue weighted by atomic mass is 10.2. The van der Waals surface area contributed by atoms with E-state index in [1.807, 2.05) is 30.3 Å². The second kappa shape index (κ2) is 6.64. The summed E-state index contributed by atoms with van der Waals surface area (Å²) in [5.41, 5.74) is 5.79. The predicted molar refractivity (Wildman–Crippen MR) is 91.6 cm³/mol. The molecular formula is C18H16FN3O3. The van der Waals surface area contributed by atoms with Crippen molar-refractivity contribution in [2.45, 2.75) is 6.54 Å². The van der Waals surface area contributed by atoms with Gasteiger partial charge in [0.2, 0.25) is 0 Å². The fourth-order valence-corrected chi connectivity index (χ4v) is 2.43. The van der Waals surface area contributed by atoms with Gasteiger partial charge in [-0.3, -0.25) is 4.79 Å². The van der Waals surface area contributed by atoms with Gasteiger partial charge in [-0.05, 0) is 30.3 Å². The maximum absolute atomic E-state index is 13.7. The molecule has 0 spiro atoms. The monoisotopic (exact) mass is 341 g/mol. The van der Waals surface area contributed by atoms with Crippen LogP contribution in [-0.4, -0.2) is 23.9 Å². The highest BCUT2D eigenvalue weighted by Gasteiger charge is 2.14. The molecule has 0 fully saturated rings. The number of carbonyl (C=O) groups is 2. The van der Waals surface area contributed by atoms with E-state index >= 15 is 0 Å². The van der Waals surface area contributed by atoms with Crippen LogP contribution in [0.15, 0.2) is 52.9 Å². The van der Waals surface area contributed by atoms with Crippen LogP contribution in [0.5, 0.6) is 0 Å². The van der Waals surface area contributed by atoms with Crippen LogP contribution in [0, 0.1) is 5.82 Å². The standard InChI is InChI=1S/C18H16FN3O3/c1-22(10-13-8-11-4-2-3-5-16(11)25-13)18(24)21-12-6-7-14(17(20)23)15(19)9-12/h2-9H,10H2,1H3,(H2,20,23)(H,21,24). The topological polar surface area (TPSA) is 88.6 Å². The van der Waals surface area contributed by atoms with Crippen LogP contribution in [0.3, 0.4) is 0 Å². The maximum atomic E-state index is 13.7. The number of hydrogen-bond donors (Lipinski definition) is 2. The van der Waals surface area contributed by atoms with Gasteiger partial charge in [0.25, 0.3) is 5.91 Å². The van der Waals surface area contributed by atoms with Gasteiger partial charge in [0, 0.05) is 18.1 Å². The average molecular weight is 341 g/mol. The number of furan rings is 1. The Balaban J connectivity index is 1.68. The van der Waals surface area contributed by atoms with Crippen molar-refractivity contribution in [1.82, 2.24) is 4.90 Å². The van der Waals surface area contributed by atoms with Crippen molar-refractivity contribution >= 4 is 28.6 Å². The summed E-state index contributed by atoms with van der Waals surface area (Å²) < 4.78 is 19.4. The molecule has 0 aliphatic heterocycles. The van der Waals surface area contributed by atoms with Crippen molar-refractivity contribution in [3.8, 4) is 0 Å². The number of para-hydroxylation sites is 1. The maximum Gasteiger partial charge on any atom is 0.321 e. The predicted octanol–water partition coefficient (Wildman–Crippen LogP) is 3.33. The number of urea groups is 1. The molecule has 3 rings (SSSR count). The molecule has 1 aromatic heterocycles. The van der Waals surface area contributed by atoms with Crippen LogP contribution in [0.1, 0.15) is 16.1 Å². The van der Waals surface area contributed by atoms with Crippen LogP contribution in [0.2, 0.25) is 0 Å². The first-order chi connectivity index (χ1) is 11.9. The second-order valence-corrected chi connectivity index (χ2v) is 5.60. The number of amides is 3. The van der Waals surface area contributed by atoms with Gasteiger partial charge in [0.05, 0.1) is 12.1 Å². The Labute approximate surface area is 143 Å². The normalized spacial score (nSPS) is 10.6. The SMILES string of the molecule is CN(Cc1cc2ccccc2o1)C(=O)Nc1ccc(C(N)=O)c(F)c1. The van der Waals surface area contributed by atoms with Gasteiger partial charge in [-0.25, -0.2) is 9.18 Å². The van der Waals surface area contributed by atoms with E-state index in [9.17, 15) is 14.0 Å². The average Bonchev–Trinajstić information content (AvgIpc) is 2.96. The largest absolute Gasteiger partial charge is 0.459 e. The van der Waals surface area contributed by atoms with Crippen molar-refractivity contribution < 1.29 is 18.4 Å². The quantitative estimate of drug-likeness (QED) is 0.763. The smallest absolute Gasteiger partial charge is 0.321 e. The first-order valence-corrected chi connectivity index (χ1v) is 7.53. The highest BCUT2D eigenvalue weighted by molar-refractivity contribution is 5.94. The molecule has 0 bridgehead atoms. The van der Waals surface area contributed by atoms with Crippen molar-refractivity contribution in [3.63, 3.8) is 0 Å². The summed E-state index contributed by atoms with van der Waals surface area (Å²) in [5.74, 6) is -1.02. The first-order valence-electron chi connectivity index (χ1n) is 7.53. The van der Waals surface area contributed by atoms with Gasteiger partial charge >= 0.3 is 6.03 Å². The second-order valence-electron chi connectivity index (χ2n) is 5.60. The summed E-state index contributed by atoms with van der Waals surface area (Å²) in [6.07, 6.45) is 0. The molecule has 0 unspecified atom stereocenters. The Morgan fingerprint density at radius 1 is 1.20 bits per heavy atom. The summed E-state index contributed by atoms with van der Waals surface area (Å²) in [4.78, 5) is 24.6. The van der Waals surface area contributed by atoms with Crippen LogP contribution >= 0.6 is 0 Å². The van der Waals surface area contributed by atoms with Crippen LogP contribution in [-0.2, 0) is 6.54 Å². The molecule has 2 aromatic carbocycles. The number of anilines is 1. The third-order valence-electron chi connectivity index (χ3n) is 3.70. The van der Waals surface area contributed by atoms with E-state index in [4.69, 9.17) is 10.2 Å². The number of rotatable bonds is 4. The molecule has 128 valence electrons. The van der Waals surface area contributed by atoms with Crippen LogP contribution in [0.4, 0.5) is 14.9 Å². The highest BCUT2D eigenvalue weighted by atomic mass is 19.1. The van der Waals surface area contributed by atoms with Crippen molar-refractivity contribution in [2.24, 2.45) is 5.73 Å². The molecule has 0 aliphatic carbocycles. The molecule has 7 heteroatoms. The minimum Gasteiger partial charge on any atom is -0.459 e. The molecule has 1 heterocycles. The lowest BCUT2D eigenvalue weighted by Gasteiger charge is -2.16. The third kappa shape index (κ3) is 3.60. The zero-order valence-corrected chi connectivity index (χ0v) is 13.5. The number of nitrogens with one attached hydrogen (secondary N) is 1. The Kier molecular flexibility index (Phi) is 4.38. The molecular weight excluding hydrogens is 325 g/mol. The zero-order chi connectivity index (χ0) is 18.0. The summed E-state index contributed by atoms with van der Waals surface area (Å²) >= 11 is 0. The van der Waals surface area contributed by atoms with E-state index in [2.05, 4.69) is 5.32 Å². The molecule has 3 N–H and O–H groups in total. The molecule has 6 nitrogen and oxygen atoms in total. The number of fused-ring (bicyclic) bond motifs is 1. The van der Waals surface area contributed by atoms with Crippen LogP contribution < -0.4 is 11.1 Å².